The molecule has 1 rings (SSSR count). The van der Waals surface area contributed by atoms with Gasteiger partial charge >= 0.3 is 0 Å². The summed E-state index contributed by atoms with van der Waals surface area (Å²) in [5, 5.41) is 7.29. The largest absolute Gasteiger partial charge is 0.388 e. The molecule has 0 aromatic carbocycles. The maximum absolute atomic E-state index is 7.29. The molecule has 0 saturated heterocycles. The van der Waals surface area contributed by atoms with E-state index in [1.807, 2.05) is 20.8 Å². The van der Waals surface area contributed by atoms with Gasteiger partial charge < -0.3 is 15.2 Å². The van der Waals surface area contributed by atoms with Gasteiger partial charge in [0.25, 0.3) is 0 Å². The van der Waals surface area contributed by atoms with Crippen molar-refractivity contribution >= 4 is 5.84 Å². The summed E-state index contributed by atoms with van der Waals surface area (Å²) in [6, 6.07) is 0. The summed E-state index contributed by atoms with van der Waals surface area (Å²) >= 11 is 0. The highest BCUT2D eigenvalue weighted by molar-refractivity contribution is 5.78. The van der Waals surface area contributed by atoms with Crippen molar-refractivity contribution in [1.29, 1.82) is 5.41 Å². The predicted molar refractivity (Wildman–Crippen MR) is 64.7 cm³/mol. The molecule has 0 unspecified atom stereocenters. The second kappa shape index (κ2) is 5.15. The molecule has 1 aliphatic rings. The zero-order valence-corrected chi connectivity index (χ0v) is 10.6. The van der Waals surface area contributed by atoms with Crippen molar-refractivity contribution in [2.75, 3.05) is 19.8 Å². The first-order valence-corrected chi connectivity index (χ1v) is 5.88. The summed E-state index contributed by atoms with van der Waals surface area (Å²) in [4.78, 5) is 0. The minimum absolute atomic E-state index is 0.0972. The molecule has 0 radical (unpaired) electrons. The van der Waals surface area contributed by atoms with Gasteiger partial charge in [0.05, 0.1) is 31.3 Å². The van der Waals surface area contributed by atoms with Crippen LogP contribution in [0.1, 0.15) is 40.0 Å². The second-order valence-electron chi connectivity index (χ2n) is 5.72. The highest BCUT2D eigenvalue weighted by atomic mass is 16.5. The van der Waals surface area contributed by atoms with E-state index in [1.54, 1.807) is 0 Å². The number of ether oxygens (including phenoxy) is 2. The van der Waals surface area contributed by atoms with E-state index >= 15 is 0 Å². The number of hydrogen-bond donors (Lipinski definition) is 2. The Morgan fingerprint density at radius 1 is 1.31 bits per heavy atom. The number of rotatable bonds is 7. The van der Waals surface area contributed by atoms with E-state index < -0.39 is 0 Å². The van der Waals surface area contributed by atoms with E-state index in [4.69, 9.17) is 20.6 Å². The SMILES string of the molecule is CC(C)(C)OCCOCC1(CC(=N)N)CC1. The van der Waals surface area contributed by atoms with Crippen LogP contribution in [0.4, 0.5) is 0 Å². The van der Waals surface area contributed by atoms with Crippen molar-refractivity contribution in [2.45, 2.75) is 45.6 Å². The first kappa shape index (κ1) is 13.5. The maximum atomic E-state index is 7.29. The topological polar surface area (TPSA) is 68.3 Å². The normalized spacial score (nSPS) is 18.4. The average Bonchev–Trinajstić information content (AvgIpc) is 2.81. The van der Waals surface area contributed by atoms with E-state index in [1.165, 1.54) is 0 Å². The molecule has 0 bridgehead atoms. The molecule has 0 atom stereocenters. The van der Waals surface area contributed by atoms with Gasteiger partial charge in [-0.05, 0) is 33.6 Å². The van der Waals surface area contributed by atoms with Gasteiger partial charge in [0, 0.05) is 11.8 Å². The molecule has 0 aromatic rings. The van der Waals surface area contributed by atoms with Gasteiger partial charge in [-0.15, -0.1) is 0 Å². The van der Waals surface area contributed by atoms with Crippen LogP contribution in [0.2, 0.25) is 0 Å². The number of hydrogen-bond acceptors (Lipinski definition) is 3. The molecule has 16 heavy (non-hydrogen) atoms. The first-order chi connectivity index (χ1) is 7.33. The summed E-state index contributed by atoms with van der Waals surface area (Å²) in [6.07, 6.45) is 2.94. The quantitative estimate of drug-likeness (QED) is 0.397. The molecule has 0 heterocycles. The van der Waals surface area contributed by atoms with Crippen LogP contribution in [0.3, 0.4) is 0 Å². The predicted octanol–water partition coefficient (Wildman–Crippen LogP) is 1.92. The minimum atomic E-state index is -0.0972. The lowest BCUT2D eigenvalue weighted by atomic mass is 10.0. The van der Waals surface area contributed by atoms with Crippen LogP contribution in [-0.4, -0.2) is 31.3 Å². The Hall–Kier alpha value is -0.610. The van der Waals surface area contributed by atoms with E-state index in [0.29, 0.717) is 26.2 Å². The number of nitrogens with one attached hydrogen (secondary N) is 1. The second-order valence-corrected chi connectivity index (χ2v) is 5.72. The van der Waals surface area contributed by atoms with Crippen LogP contribution >= 0.6 is 0 Å². The van der Waals surface area contributed by atoms with Gasteiger partial charge in [-0.2, -0.15) is 0 Å². The zero-order valence-electron chi connectivity index (χ0n) is 10.6. The van der Waals surface area contributed by atoms with Crippen molar-refractivity contribution < 1.29 is 9.47 Å². The van der Waals surface area contributed by atoms with Crippen LogP contribution in [-0.2, 0) is 9.47 Å². The smallest absolute Gasteiger partial charge is 0.0911 e. The Balaban J connectivity index is 2.05. The molecular formula is C12H24N2O2. The van der Waals surface area contributed by atoms with E-state index in [0.717, 1.165) is 12.8 Å². The lowest BCUT2D eigenvalue weighted by molar-refractivity contribution is -0.0404. The fourth-order valence-corrected chi connectivity index (χ4v) is 1.65. The highest BCUT2D eigenvalue weighted by Crippen LogP contribution is 2.48. The van der Waals surface area contributed by atoms with Gasteiger partial charge in [0.2, 0.25) is 0 Å². The molecule has 0 amide bonds. The molecule has 1 saturated carbocycles. The van der Waals surface area contributed by atoms with Gasteiger partial charge in [-0.1, -0.05) is 0 Å². The molecule has 94 valence electrons. The first-order valence-electron chi connectivity index (χ1n) is 5.88. The molecular weight excluding hydrogens is 204 g/mol. The van der Waals surface area contributed by atoms with Crippen molar-refractivity contribution in [2.24, 2.45) is 11.1 Å². The standard InChI is InChI=1S/C12H24N2O2/c1-11(2,3)16-7-6-15-9-12(4-5-12)8-10(13)14/h4-9H2,1-3H3,(H3,13,14). The summed E-state index contributed by atoms with van der Waals surface area (Å²) in [6.45, 7) is 8.05. The maximum Gasteiger partial charge on any atom is 0.0911 e. The molecule has 4 heteroatoms. The summed E-state index contributed by atoms with van der Waals surface area (Å²) < 4.78 is 11.1. The summed E-state index contributed by atoms with van der Waals surface area (Å²) in [7, 11) is 0. The lowest BCUT2D eigenvalue weighted by Crippen LogP contribution is -2.24. The van der Waals surface area contributed by atoms with Crippen molar-refractivity contribution in [3.8, 4) is 0 Å². The van der Waals surface area contributed by atoms with Crippen molar-refractivity contribution in [1.82, 2.24) is 0 Å². The fourth-order valence-electron chi connectivity index (χ4n) is 1.65. The molecule has 1 aliphatic carbocycles. The third kappa shape index (κ3) is 5.47. The molecule has 4 nitrogen and oxygen atoms in total. The molecule has 3 N–H and O–H groups in total. The highest BCUT2D eigenvalue weighted by Gasteiger charge is 2.43. The molecule has 0 aliphatic heterocycles. The monoisotopic (exact) mass is 228 g/mol. The summed E-state index contributed by atoms with van der Waals surface area (Å²) in [5.41, 5.74) is 5.49. The van der Waals surface area contributed by atoms with Crippen LogP contribution < -0.4 is 5.73 Å². The number of nitrogens with two attached hydrogens (primary N) is 1. The third-order valence-corrected chi connectivity index (χ3v) is 2.69. The lowest BCUT2D eigenvalue weighted by Gasteiger charge is -2.20. The van der Waals surface area contributed by atoms with E-state index in [-0.39, 0.29) is 16.9 Å². The average molecular weight is 228 g/mol. The molecule has 0 aromatic heterocycles. The fraction of sp³-hybridized carbons (Fsp3) is 0.917. The Morgan fingerprint density at radius 3 is 2.38 bits per heavy atom. The van der Waals surface area contributed by atoms with Gasteiger partial charge in [0.15, 0.2) is 0 Å². The van der Waals surface area contributed by atoms with Crippen LogP contribution in [0.25, 0.3) is 0 Å². The zero-order chi connectivity index (χ0) is 12.2. The van der Waals surface area contributed by atoms with Crippen molar-refractivity contribution in [3.05, 3.63) is 0 Å². The third-order valence-electron chi connectivity index (χ3n) is 2.69. The Kier molecular flexibility index (Phi) is 4.33. The molecule has 1 fully saturated rings. The Bertz CT molecular complexity index is 242. The van der Waals surface area contributed by atoms with Gasteiger partial charge in [-0.3, -0.25) is 5.41 Å². The van der Waals surface area contributed by atoms with Crippen molar-refractivity contribution in [3.63, 3.8) is 0 Å². The minimum Gasteiger partial charge on any atom is -0.388 e. The Labute approximate surface area is 98.0 Å². The van der Waals surface area contributed by atoms with Crippen LogP contribution in [0, 0.1) is 10.8 Å². The Morgan fingerprint density at radius 2 is 1.94 bits per heavy atom. The van der Waals surface area contributed by atoms with Gasteiger partial charge in [0.1, 0.15) is 0 Å². The van der Waals surface area contributed by atoms with E-state index in [2.05, 4.69) is 0 Å². The van der Waals surface area contributed by atoms with Crippen LogP contribution in [0.15, 0.2) is 0 Å². The van der Waals surface area contributed by atoms with Gasteiger partial charge in [-0.25, -0.2) is 0 Å². The summed E-state index contributed by atoms with van der Waals surface area (Å²) in [5.74, 6) is 0.270. The van der Waals surface area contributed by atoms with E-state index in [9.17, 15) is 0 Å². The number of amidine groups is 1. The van der Waals surface area contributed by atoms with Crippen LogP contribution in [0.5, 0.6) is 0 Å². The molecule has 0 spiro atoms.